The molecule has 0 aliphatic carbocycles. The lowest BCUT2D eigenvalue weighted by atomic mass is 10.2. The SMILES string of the molecule is COc1ccc(Nc2nc(N)n(-c3ccccn3)n2)c(OC)c1. The van der Waals surface area contributed by atoms with Crippen molar-refractivity contribution < 1.29 is 9.47 Å². The van der Waals surface area contributed by atoms with Crippen LogP contribution in [0.3, 0.4) is 0 Å². The van der Waals surface area contributed by atoms with Gasteiger partial charge in [0.2, 0.25) is 11.9 Å². The summed E-state index contributed by atoms with van der Waals surface area (Å²) >= 11 is 0. The first-order valence-corrected chi connectivity index (χ1v) is 6.84. The van der Waals surface area contributed by atoms with E-state index in [0.717, 1.165) is 0 Å². The van der Waals surface area contributed by atoms with E-state index in [1.54, 1.807) is 32.5 Å². The second kappa shape index (κ2) is 6.22. The lowest BCUT2D eigenvalue weighted by molar-refractivity contribution is 0.395. The van der Waals surface area contributed by atoms with E-state index in [-0.39, 0.29) is 5.95 Å². The average Bonchev–Trinajstić information content (AvgIpc) is 2.96. The fourth-order valence-corrected chi connectivity index (χ4v) is 2.05. The van der Waals surface area contributed by atoms with Crippen molar-refractivity contribution in [2.24, 2.45) is 0 Å². The summed E-state index contributed by atoms with van der Waals surface area (Å²) in [4.78, 5) is 8.39. The van der Waals surface area contributed by atoms with Gasteiger partial charge in [0.25, 0.3) is 0 Å². The van der Waals surface area contributed by atoms with Crippen molar-refractivity contribution >= 4 is 17.6 Å². The van der Waals surface area contributed by atoms with Gasteiger partial charge in [0.15, 0.2) is 5.82 Å². The lowest BCUT2D eigenvalue weighted by Crippen LogP contribution is -2.04. The van der Waals surface area contributed by atoms with Crippen LogP contribution >= 0.6 is 0 Å². The first kappa shape index (κ1) is 14.6. The van der Waals surface area contributed by atoms with Crippen LogP contribution in [0.4, 0.5) is 17.6 Å². The second-order valence-electron chi connectivity index (χ2n) is 4.58. The summed E-state index contributed by atoms with van der Waals surface area (Å²) in [6.07, 6.45) is 1.66. The van der Waals surface area contributed by atoms with E-state index in [2.05, 4.69) is 20.4 Å². The summed E-state index contributed by atoms with van der Waals surface area (Å²) < 4.78 is 12.0. The summed E-state index contributed by atoms with van der Waals surface area (Å²) in [5, 5.41) is 7.39. The summed E-state index contributed by atoms with van der Waals surface area (Å²) in [5.74, 6) is 2.47. The highest BCUT2D eigenvalue weighted by Gasteiger charge is 2.12. The molecule has 0 saturated carbocycles. The minimum atomic E-state index is 0.235. The molecule has 0 aliphatic rings. The minimum absolute atomic E-state index is 0.235. The maximum absolute atomic E-state index is 5.90. The van der Waals surface area contributed by atoms with Crippen LogP contribution < -0.4 is 20.5 Å². The number of nitrogen functional groups attached to an aromatic ring is 1. The monoisotopic (exact) mass is 312 g/mol. The van der Waals surface area contributed by atoms with Crippen molar-refractivity contribution in [1.82, 2.24) is 19.7 Å². The molecule has 2 heterocycles. The van der Waals surface area contributed by atoms with Gasteiger partial charge in [-0.25, -0.2) is 4.98 Å². The Labute approximate surface area is 132 Å². The largest absolute Gasteiger partial charge is 0.497 e. The highest BCUT2D eigenvalue weighted by Crippen LogP contribution is 2.30. The van der Waals surface area contributed by atoms with Crippen LogP contribution in [0, 0.1) is 0 Å². The molecular formula is C15H16N6O2. The molecule has 2 aromatic heterocycles. The first-order chi connectivity index (χ1) is 11.2. The number of ether oxygens (including phenoxy) is 2. The predicted molar refractivity (Wildman–Crippen MR) is 86.4 cm³/mol. The fraction of sp³-hybridized carbons (Fsp3) is 0.133. The van der Waals surface area contributed by atoms with Crippen LogP contribution in [-0.4, -0.2) is 34.0 Å². The van der Waals surface area contributed by atoms with Gasteiger partial charge < -0.3 is 20.5 Å². The minimum Gasteiger partial charge on any atom is -0.497 e. The van der Waals surface area contributed by atoms with E-state index in [1.165, 1.54) is 4.68 Å². The lowest BCUT2D eigenvalue weighted by Gasteiger charge is -2.10. The van der Waals surface area contributed by atoms with Gasteiger partial charge in [0, 0.05) is 12.3 Å². The number of benzene rings is 1. The smallest absolute Gasteiger partial charge is 0.249 e. The molecular weight excluding hydrogens is 296 g/mol. The Morgan fingerprint density at radius 1 is 1.13 bits per heavy atom. The average molecular weight is 312 g/mol. The number of aromatic nitrogens is 4. The number of hydrogen-bond donors (Lipinski definition) is 2. The molecule has 0 spiro atoms. The Bertz CT molecular complexity index is 803. The number of anilines is 3. The van der Waals surface area contributed by atoms with Crippen molar-refractivity contribution in [3.05, 3.63) is 42.6 Å². The zero-order valence-electron chi connectivity index (χ0n) is 12.7. The predicted octanol–water partition coefficient (Wildman–Crippen LogP) is 2.01. The van der Waals surface area contributed by atoms with Crippen molar-refractivity contribution in [3.8, 4) is 17.3 Å². The Morgan fingerprint density at radius 3 is 2.70 bits per heavy atom. The summed E-state index contributed by atoms with van der Waals surface area (Å²) in [6, 6.07) is 10.9. The molecule has 0 amide bonds. The number of nitrogens with one attached hydrogen (secondary N) is 1. The van der Waals surface area contributed by atoms with Crippen LogP contribution in [0.15, 0.2) is 42.6 Å². The zero-order valence-corrected chi connectivity index (χ0v) is 12.7. The molecule has 0 atom stereocenters. The van der Waals surface area contributed by atoms with Crippen molar-refractivity contribution in [3.63, 3.8) is 0 Å². The topological polar surface area (TPSA) is 100 Å². The highest BCUT2D eigenvalue weighted by molar-refractivity contribution is 5.64. The van der Waals surface area contributed by atoms with Crippen LogP contribution in [-0.2, 0) is 0 Å². The molecule has 0 aliphatic heterocycles. The number of rotatable bonds is 5. The van der Waals surface area contributed by atoms with Gasteiger partial charge in [0.05, 0.1) is 19.9 Å². The molecule has 0 saturated heterocycles. The fourth-order valence-electron chi connectivity index (χ4n) is 2.05. The van der Waals surface area contributed by atoms with Gasteiger partial charge >= 0.3 is 0 Å². The van der Waals surface area contributed by atoms with Crippen molar-refractivity contribution in [2.45, 2.75) is 0 Å². The molecule has 1 aromatic carbocycles. The van der Waals surface area contributed by atoms with Crippen LogP contribution in [0.25, 0.3) is 5.82 Å². The van der Waals surface area contributed by atoms with Crippen molar-refractivity contribution in [2.75, 3.05) is 25.3 Å². The molecule has 0 bridgehead atoms. The van der Waals surface area contributed by atoms with E-state index >= 15 is 0 Å². The van der Waals surface area contributed by atoms with Gasteiger partial charge in [-0.15, -0.1) is 5.10 Å². The van der Waals surface area contributed by atoms with Gasteiger partial charge in [-0.3, -0.25) is 0 Å². The van der Waals surface area contributed by atoms with E-state index in [9.17, 15) is 0 Å². The molecule has 3 aromatic rings. The summed E-state index contributed by atoms with van der Waals surface area (Å²) in [5.41, 5.74) is 6.60. The van der Waals surface area contributed by atoms with E-state index in [4.69, 9.17) is 15.2 Å². The quantitative estimate of drug-likeness (QED) is 0.743. The maximum atomic E-state index is 5.90. The molecule has 3 N–H and O–H groups in total. The molecule has 118 valence electrons. The zero-order chi connectivity index (χ0) is 16.2. The number of nitrogens with two attached hydrogens (primary N) is 1. The standard InChI is InChI=1S/C15H16N6O2/c1-22-10-6-7-11(12(9-10)23-2)18-15-19-14(16)21(20-15)13-5-3-4-8-17-13/h3-9H,1-2H3,(H3,16,18,19,20). The second-order valence-corrected chi connectivity index (χ2v) is 4.58. The van der Waals surface area contributed by atoms with Gasteiger partial charge in [-0.05, 0) is 24.3 Å². The normalized spacial score (nSPS) is 10.3. The molecule has 0 unspecified atom stereocenters. The van der Waals surface area contributed by atoms with Gasteiger partial charge in [-0.1, -0.05) is 6.07 Å². The van der Waals surface area contributed by atoms with E-state index in [1.807, 2.05) is 24.3 Å². The van der Waals surface area contributed by atoms with Crippen molar-refractivity contribution in [1.29, 1.82) is 0 Å². The van der Waals surface area contributed by atoms with Crippen LogP contribution in [0.1, 0.15) is 0 Å². The van der Waals surface area contributed by atoms with Crippen LogP contribution in [0.2, 0.25) is 0 Å². The molecule has 3 rings (SSSR count). The van der Waals surface area contributed by atoms with Crippen LogP contribution in [0.5, 0.6) is 11.5 Å². The van der Waals surface area contributed by atoms with E-state index < -0.39 is 0 Å². The summed E-state index contributed by atoms with van der Waals surface area (Å²) in [7, 11) is 3.17. The van der Waals surface area contributed by atoms with Gasteiger partial charge in [0.1, 0.15) is 11.5 Å². The third-order valence-electron chi connectivity index (χ3n) is 3.15. The Morgan fingerprint density at radius 2 is 2.00 bits per heavy atom. The maximum Gasteiger partial charge on any atom is 0.249 e. The number of pyridine rings is 1. The summed E-state index contributed by atoms with van der Waals surface area (Å²) in [6.45, 7) is 0. The molecule has 0 radical (unpaired) electrons. The third-order valence-corrected chi connectivity index (χ3v) is 3.15. The highest BCUT2D eigenvalue weighted by atomic mass is 16.5. The Hall–Kier alpha value is -3.29. The molecule has 8 heteroatoms. The Balaban J connectivity index is 1.90. The number of nitrogens with zero attached hydrogens (tertiary/aromatic N) is 4. The first-order valence-electron chi connectivity index (χ1n) is 6.84. The number of methoxy groups -OCH3 is 2. The third kappa shape index (κ3) is 3.00. The molecule has 8 nitrogen and oxygen atoms in total. The molecule has 23 heavy (non-hydrogen) atoms. The Kier molecular flexibility index (Phi) is 3.96. The van der Waals surface area contributed by atoms with E-state index in [0.29, 0.717) is 29.0 Å². The molecule has 0 fully saturated rings. The number of hydrogen-bond acceptors (Lipinski definition) is 7. The van der Waals surface area contributed by atoms with Gasteiger partial charge in [-0.2, -0.15) is 9.67 Å².